The van der Waals surface area contributed by atoms with Crippen LogP contribution in [0, 0.1) is 36.5 Å². The lowest BCUT2D eigenvalue weighted by atomic mass is 9.81. The van der Waals surface area contributed by atoms with E-state index in [0.717, 1.165) is 29.7 Å². The molecule has 160 valence electrons. The number of ether oxygens (including phenoxy) is 1. The first-order chi connectivity index (χ1) is 14.3. The maximum Gasteiger partial charge on any atom is 0.330 e. The molecule has 5 atom stereocenters. The number of fused-ring (bicyclic) bond motifs is 5. The summed E-state index contributed by atoms with van der Waals surface area (Å²) in [5, 5.41) is 2.68. The molecule has 1 heterocycles. The second kappa shape index (κ2) is 7.85. The van der Waals surface area contributed by atoms with Crippen LogP contribution in [0.3, 0.4) is 0 Å². The Morgan fingerprint density at radius 1 is 1.13 bits per heavy atom. The van der Waals surface area contributed by atoms with Crippen molar-refractivity contribution in [3.8, 4) is 0 Å². The van der Waals surface area contributed by atoms with Gasteiger partial charge in [-0.15, -0.1) is 0 Å². The Labute approximate surface area is 176 Å². The standard InChI is InChI=1S/C23H28N2O5/c1-12(2)20(23(29)30-11-17(26)24-16-6-4-5-13(3)9-16)25-21(27)18-14-7-8-15(10-14)19(18)22(25)28/h4-6,9,12,14-15,18-20H,7-8,10-11H2,1-3H3,(H,24,26)/t14-,15-,18+,19+,20-/m0/s1. The summed E-state index contributed by atoms with van der Waals surface area (Å²) in [6.45, 7) is 5.00. The van der Waals surface area contributed by atoms with E-state index in [-0.39, 0.29) is 41.4 Å². The highest BCUT2D eigenvalue weighted by atomic mass is 16.5. The monoisotopic (exact) mass is 412 g/mol. The summed E-state index contributed by atoms with van der Waals surface area (Å²) in [7, 11) is 0. The van der Waals surface area contributed by atoms with Gasteiger partial charge in [-0.3, -0.25) is 19.3 Å². The normalized spacial score (nSPS) is 28.1. The van der Waals surface area contributed by atoms with Crippen molar-refractivity contribution in [2.45, 2.75) is 46.1 Å². The van der Waals surface area contributed by atoms with Gasteiger partial charge in [0.05, 0.1) is 11.8 Å². The summed E-state index contributed by atoms with van der Waals surface area (Å²) in [5.41, 5.74) is 1.61. The number of hydrogen-bond acceptors (Lipinski definition) is 5. The van der Waals surface area contributed by atoms with Crippen molar-refractivity contribution >= 4 is 29.4 Å². The summed E-state index contributed by atoms with van der Waals surface area (Å²) in [4.78, 5) is 52.3. The Bertz CT molecular complexity index is 867. The Balaban J connectivity index is 1.42. The first-order valence-corrected chi connectivity index (χ1v) is 10.7. The van der Waals surface area contributed by atoms with Crippen LogP contribution >= 0.6 is 0 Å². The third-order valence-electron chi connectivity index (χ3n) is 6.76. The number of carbonyl (C=O) groups excluding carboxylic acids is 4. The number of nitrogens with zero attached hydrogens (tertiary/aromatic N) is 1. The highest BCUT2D eigenvalue weighted by Crippen LogP contribution is 2.56. The number of anilines is 1. The Kier molecular flexibility index (Phi) is 5.38. The fourth-order valence-electron chi connectivity index (χ4n) is 5.52. The molecular formula is C23H28N2O5. The van der Waals surface area contributed by atoms with Gasteiger partial charge in [0.1, 0.15) is 6.04 Å². The fourth-order valence-corrected chi connectivity index (χ4v) is 5.52. The highest BCUT2D eigenvalue weighted by Gasteiger charge is 2.62. The molecule has 2 saturated carbocycles. The van der Waals surface area contributed by atoms with Crippen molar-refractivity contribution in [3.63, 3.8) is 0 Å². The van der Waals surface area contributed by atoms with Crippen molar-refractivity contribution < 1.29 is 23.9 Å². The zero-order valence-corrected chi connectivity index (χ0v) is 17.6. The summed E-state index contributed by atoms with van der Waals surface area (Å²) in [6, 6.07) is 6.29. The minimum atomic E-state index is -0.998. The number of benzene rings is 1. The first-order valence-electron chi connectivity index (χ1n) is 10.7. The first kappa shape index (κ1) is 20.6. The maximum absolute atomic E-state index is 13.1. The molecule has 0 aromatic heterocycles. The molecule has 0 spiro atoms. The summed E-state index contributed by atoms with van der Waals surface area (Å²) < 4.78 is 5.23. The Morgan fingerprint density at radius 3 is 2.33 bits per heavy atom. The minimum Gasteiger partial charge on any atom is -0.454 e. The van der Waals surface area contributed by atoms with Gasteiger partial charge in [-0.1, -0.05) is 26.0 Å². The van der Waals surface area contributed by atoms with Crippen molar-refractivity contribution in [1.82, 2.24) is 4.90 Å². The number of likely N-dealkylation sites (tertiary alicyclic amines) is 1. The van der Waals surface area contributed by atoms with Crippen LogP contribution in [-0.2, 0) is 23.9 Å². The van der Waals surface area contributed by atoms with Crippen LogP contribution in [0.4, 0.5) is 5.69 Å². The van der Waals surface area contributed by atoms with E-state index in [1.807, 2.05) is 25.1 Å². The molecule has 7 heteroatoms. The molecule has 0 unspecified atom stereocenters. The second-order valence-corrected chi connectivity index (χ2v) is 9.15. The SMILES string of the molecule is Cc1cccc(NC(=O)COC(=O)[C@H](C(C)C)N2C(=O)[C@@H]3[C@H]4CC[C@@H](C4)[C@H]3C2=O)c1. The average molecular weight is 412 g/mol. The van der Waals surface area contributed by atoms with Crippen LogP contribution < -0.4 is 5.32 Å². The van der Waals surface area contributed by atoms with E-state index in [1.165, 1.54) is 0 Å². The van der Waals surface area contributed by atoms with Gasteiger partial charge < -0.3 is 10.1 Å². The van der Waals surface area contributed by atoms with Crippen LogP contribution in [0.1, 0.15) is 38.7 Å². The molecule has 3 fully saturated rings. The summed E-state index contributed by atoms with van der Waals surface area (Å²) in [6.07, 6.45) is 2.90. The van der Waals surface area contributed by atoms with Crippen molar-refractivity contribution in [2.24, 2.45) is 29.6 Å². The quantitative estimate of drug-likeness (QED) is 0.573. The predicted octanol–water partition coefficient (Wildman–Crippen LogP) is 2.53. The Hall–Kier alpha value is -2.70. The number of imide groups is 1. The van der Waals surface area contributed by atoms with Crippen LogP contribution in [-0.4, -0.2) is 41.2 Å². The third-order valence-corrected chi connectivity index (χ3v) is 6.76. The molecule has 2 bridgehead atoms. The predicted molar refractivity (Wildman–Crippen MR) is 109 cm³/mol. The van der Waals surface area contributed by atoms with Crippen LogP contribution in [0.15, 0.2) is 24.3 Å². The second-order valence-electron chi connectivity index (χ2n) is 9.15. The number of carbonyl (C=O) groups is 4. The molecule has 7 nitrogen and oxygen atoms in total. The molecule has 4 rings (SSSR count). The van der Waals surface area contributed by atoms with Gasteiger partial charge in [-0.05, 0) is 61.6 Å². The molecule has 1 saturated heterocycles. The van der Waals surface area contributed by atoms with E-state index < -0.39 is 24.5 Å². The minimum absolute atomic E-state index is 0.239. The number of aryl methyl sites for hydroxylation is 1. The number of amides is 3. The smallest absolute Gasteiger partial charge is 0.330 e. The molecule has 1 N–H and O–H groups in total. The van der Waals surface area contributed by atoms with Crippen LogP contribution in [0.2, 0.25) is 0 Å². The van der Waals surface area contributed by atoms with Gasteiger partial charge >= 0.3 is 5.97 Å². The van der Waals surface area contributed by atoms with Gasteiger partial charge in [-0.25, -0.2) is 4.79 Å². The summed E-state index contributed by atoms with van der Waals surface area (Å²) >= 11 is 0. The third kappa shape index (κ3) is 3.50. The molecule has 3 aliphatic rings. The zero-order valence-electron chi connectivity index (χ0n) is 17.6. The number of hydrogen-bond donors (Lipinski definition) is 1. The topological polar surface area (TPSA) is 92.8 Å². The average Bonchev–Trinajstić information content (AvgIpc) is 3.36. The molecule has 3 amide bonds. The molecule has 0 radical (unpaired) electrons. The molecule has 1 aromatic rings. The summed E-state index contributed by atoms with van der Waals surface area (Å²) in [5.74, 6) is -2.01. The van der Waals surface area contributed by atoms with Crippen LogP contribution in [0.5, 0.6) is 0 Å². The lowest BCUT2D eigenvalue weighted by Crippen LogP contribution is -2.50. The van der Waals surface area contributed by atoms with Gasteiger partial charge in [0.15, 0.2) is 6.61 Å². The lowest BCUT2D eigenvalue weighted by molar-refractivity contribution is -0.162. The van der Waals surface area contributed by atoms with Gasteiger partial charge in [-0.2, -0.15) is 0 Å². The van der Waals surface area contributed by atoms with Gasteiger partial charge in [0.25, 0.3) is 5.91 Å². The molecule has 30 heavy (non-hydrogen) atoms. The van der Waals surface area contributed by atoms with E-state index in [4.69, 9.17) is 4.74 Å². The van der Waals surface area contributed by atoms with Crippen molar-refractivity contribution in [3.05, 3.63) is 29.8 Å². The number of esters is 1. The zero-order chi connectivity index (χ0) is 21.6. The molecule has 2 aliphatic carbocycles. The lowest BCUT2D eigenvalue weighted by Gasteiger charge is -2.28. The Morgan fingerprint density at radius 2 is 1.77 bits per heavy atom. The van der Waals surface area contributed by atoms with Crippen LogP contribution in [0.25, 0.3) is 0 Å². The maximum atomic E-state index is 13.1. The van der Waals surface area contributed by atoms with E-state index in [1.54, 1.807) is 19.9 Å². The van der Waals surface area contributed by atoms with E-state index in [0.29, 0.717) is 5.69 Å². The number of nitrogens with one attached hydrogen (secondary N) is 1. The van der Waals surface area contributed by atoms with Gasteiger partial charge in [0, 0.05) is 5.69 Å². The van der Waals surface area contributed by atoms with E-state index >= 15 is 0 Å². The van der Waals surface area contributed by atoms with Crippen molar-refractivity contribution in [2.75, 3.05) is 11.9 Å². The van der Waals surface area contributed by atoms with Gasteiger partial charge in [0.2, 0.25) is 11.8 Å². The number of rotatable bonds is 6. The molecule has 1 aliphatic heterocycles. The van der Waals surface area contributed by atoms with E-state index in [9.17, 15) is 19.2 Å². The van der Waals surface area contributed by atoms with E-state index in [2.05, 4.69) is 5.32 Å². The molecule has 1 aromatic carbocycles. The largest absolute Gasteiger partial charge is 0.454 e. The van der Waals surface area contributed by atoms with Crippen molar-refractivity contribution in [1.29, 1.82) is 0 Å². The highest BCUT2D eigenvalue weighted by molar-refractivity contribution is 6.08. The molecular weight excluding hydrogens is 384 g/mol. The fraction of sp³-hybridized carbons (Fsp3) is 0.565.